The predicted octanol–water partition coefficient (Wildman–Crippen LogP) is 13.2. The fourth-order valence-corrected chi connectivity index (χ4v) is 10.0. The summed E-state index contributed by atoms with van der Waals surface area (Å²) in [7, 11) is 0. The van der Waals surface area contributed by atoms with Crippen molar-refractivity contribution in [3.8, 4) is 33.6 Å². The molecule has 5 aromatic heterocycles. The summed E-state index contributed by atoms with van der Waals surface area (Å²) < 4.78 is 0. The van der Waals surface area contributed by atoms with Crippen molar-refractivity contribution in [1.82, 2.24) is 30.2 Å². The summed E-state index contributed by atoms with van der Waals surface area (Å²) in [5, 5.41) is 8.22. The molecule has 1 aliphatic heterocycles. The third-order valence-electron chi connectivity index (χ3n) is 13.4. The van der Waals surface area contributed by atoms with Gasteiger partial charge in [-0.25, -0.2) is 9.97 Å². The molecule has 6 heterocycles. The lowest BCUT2D eigenvalue weighted by atomic mass is 9.81. The molecule has 9 aromatic rings. The van der Waals surface area contributed by atoms with Gasteiger partial charge in [-0.1, -0.05) is 146 Å². The lowest BCUT2D eigenvalue weighted by Gasteiger charge is -2.35. The van der Waals surface area contributed by atoms with E-state index in [2.05, 4.69) is 192 Å². The molecule has 302 valence electrons. The molecular formula is C58H40N6. The topological polar surface area (TPSA) is 76.5 Å². The highest BCUT2D eigenvalue weighted by molar-refractivity contribution is 6.10. The van der Waals surface area contributed by atoms with Crippen molar-refractivity contribution in [1.29, 1.82) is 0 Å². The summed E-state index contributed by atoms with van der Waals surface area (Å²) in [6, 6.07) is 45.3. The Morgan fingerprint density at radius 2 is 1.17 bits per heavy atom. The van der Waals surface area contributed by atoms with Gasteiger partial charge in [0, 0.05) is 62.8 Å². The number of fused-ring (bicyclic) bond motifs is 9. The summed E-state index contributed by atoms with van der Waals surface area (Å²) in [4.78, 5) is 25.1. The number of nitrogens with zero attached hydrogens (tertiary/aromatic N) is 5. The molecule has 0 saturated heterocycles. The fourth-order valence-electron chi connectivity index (χ4n) is 10.0. The number of hydrogen-bond donors (Lipinski definition) is 1. The normalized spacial score (nSPS) is 20.7. The molecule has 4 aromatic carbocycles. The number of benzene rings is 4. The Kier molecular flexibility index (Phi) is 8.52. The van der Waals surface area contributed by atoms with Crippen LogP contribution in [0.5, 0.6) is 0 Å². The van der Waals surface area contributed by atoms with Gasteiger partial charge in [-0.15, -0.1) is 0 Å². The summed E-state index contributed by atoms with van der Waals surface area (Å²) in [5.74, 6) is 1.06. The average molecular weight is 821 g/mol. The van der Waals surface area contributed by atoms with Crippen molar-refractivity contribution in [2.45, 2.75) is 12.1 Å². The zero-order chi connectivity index (χ0) is 42.1. The van der Waals surface area contributed by atoms with Crippen LogP contribution in [0.2, 0.25) is 0 Å². The first-order valence-electron chi connectivity index (χ1n) is 22.1. The molecule has 5 unspecified atom stereocenters. The second kappa shape index (κ2) is 14.9. The van der Waals surface area contributed by atoms with Gasteiger partial charge in [-0.2, -0.15) is 0 Å². The van der Waals surface area contributed by atoms with E-state index >= 15 is 0 Å². The van der Waals surface area contributed by atoms with Crippen molar-refractivity contribution >= 4 is 55.3 Å². The van der Waals surface area contributed by atoms with E-state index < -0.39 is 0 Å². The van der Waals surface area contributed by atoms with E-state index in [1.54, 1.807) is 0 Å². The molecule has 5 atom stereocenters. The van der Waals surface area contributed by atoms with Crippen molar-refractivity contribution in [3.05, 3.63) is 223 Å². The Hall–Kier alpha value is -7.93. The molecule has 0 fully saturated rings. The van der Waals surface area contributed by atoms with Gasteiger partial charge in [0.05, 0.1) is 56.9 Å². The summed E-state index contributed by atoms with van der Waals surface area (Å²) in [6.45, 7) is 0. The predicted molar refractivity (Wildman–Crippen MR) is 261 cm³/mol. The smallest absolute Gasteiger partial charge is 0.0971 e. The van der Waals surface area contributed by atoms with Gasteiger partial charge in [0.25, 0.3) is 0 Å². The van der Waals surface area contributed by atoms with E-state index in [-0.39, 0.29) is 18.0 Å². The minimum absolute atomic E-state index is 0.0726. The maximum Gasteiger partial charge on any atom is 0.0971 e. The number of allylic oxidation sites excluding steroid dienone is 8. The van der Waals surface area contributed by atoms with Crippen LogP contribution in [0.25, 0.3) is 88.9 Å². The standard InChI is InChI=1S/C58H40N6/c1-2-6-42-31-44(19-11-35(42)5-1)51-27-24-41-17-16-40-23-26-49(63-56(40)57(41)64-51)37-12-9-36(10-13-37)43-18-14-38-21-25-50(61-53(38)33-43)45-20-15-39-22-28-52(62-54(39)34-45)48-32-46-7-3-29-59-55(46)58-47(48)8-4-30-60-58/h1-35,40,42,49,56,63H. The molecular weight excluding hydrogens is 781 g/mol. The van der Waals surface area contributed by atoms with E-state index in [1.165, 1.54) is 16.7 Å². The zero-order valence-electron chi connectivity index (χ0n) is 34.8. The van der Waals surface area contributed by atoms with E-state index in [4.69, 9.17) is 19.9 Å². The Bertz CT molecular complexity index is 3580. The molecule has 0 spiro atoms. The van der Waals surface area contributed by atoms with Gasteiger partial charge < -0.3 is 0 Å². The zero-order valence-corrected chi connectivity index (χ0v) is 34.8. The Labute approximate surface area is 370 Å². The van der Waals surface area contributed by atoms with E-state index in [0.717, 1.165) is 88.6 Å². The largest absolute Gasteiger partial charge is 0.298 e. The van der Waals surface area contributed by atoms with Crippen LogP contribution < -0.4 is 5.32 Å². The van der Waals surface area contributed by atoms with Crippen LogP contribution in [0, 0.1) is 17.8 Å². The molecule has 4 aliphatic rings. The molecule has 0 bridgehead atoms. The lowest BCUT2D eigenvalue weighted by Crippen LogP contribution is -2.35. The maximum atomic E-state index is 5.31. The van der Waals surface area contributed by atoms with Gasteiger partial charge in [0.15, 0.2) is 0 Å². The summed E-state index contributed by atoms with van der Waals surface area (Å²) >= 11 is 0. The first-order valence-corrected chi connectivity index (χ1v) is 22.1. The van der Waals surface area contributed by atoms with Crippen LogP contribution in [0.4, 0.5) is 0 Å². The van der Waals surface area contributed by atoms with Crippen LogP contribution >= 0.6 is 0 Å². The maximum absolute atomic E-state index is 5.31. The molecule has 0 radical (unpaired) electrons. The van der Waals surface area contributed by atoms with E-state index in [1.807, 2.05) is 24.5 Å². The number of hydrogen-bond acceptors (Lipinski definition) is 6. The first-order chi connectivity index (χ1) is 31.6. The van der Waals surface area contributed by atoms with Crippen LogP contribution in [-0.4, -0.2) is 24.9 Å². The van der Waals surface area contributed by atoms with Crippen molar-refractivity contribution in [2.24, 2.45) is 17.8 Å². The van der Waals surface area contributed by atoms with Crippen LogP contribution in [0.3, 0.4) is 0 Å². The molecule has 3 aliphatic carbocycles. The van der Waals surface area contributed by atoms with Crippen molar-refractivity contribution in [3.63, 3.8) is 0 Å². The molecule has 6 heteroatoms. The van der Waals surface area contributed by atoms with Gasteiger partial charge in [0.2, 0.25) is 0 Å². The summed E-state index contributed by atoms with van der Waals surface area (Å²) in [5.41, 5.74) is 15.6. The average Bonchev–Trinajstić information content (AvgIpc) is 3.37. The molecule has 6 nitrogen and oxygen atoms in total. The summed E-state index contributed by atoms with van der Waals surface area (Å²) in [6.07, 6.45) is 28.6. The molecule has 64 heavy (non-hydrogen) atoms. The third-order valence-corrected chi connectivity index (χ3v) is 13.4. The molecule has 1 N–H and O–H groups in total. The van der Waals surface area contributed by atoms with Crippen LogP contribution in [0.1, 0.15) is 34.6 Å². The van der Waals surface area contributed by atoms with Gasteiger partial charge >= 0.3 is 0 Å². The lowest BCUT2D eigenvalue weighted by molar-refractivity contribution is 0.407. The third kappa shape index (κ3) is 6.33. The quantitative estimate of drug-likeness (QED) is 0.138. The second-order valence-electron chi connectivity index (χ2n) is 17.2. The number of aromatic nitrogens is 5. The molecule has 0 saturated carbocycles. The highest BCUT2D eigenvalue weighted by atomic mass is 15.0. The second-order valence-corrected chi connectivity index (χ2v) is 17.2. The highest BCUT2D eigenvalue weighted by Gasteiger charge is 2.32. The van der Waals surface area contributed by atoms with Crippen LogP contribution in [0.15, 0.2) is 201 Å². The van der Waals surface area contributed by atoms with Crippen LogP contribution in [-0.2, 0) is 0 Å². The SMILES string of the molecule is C1=CC2C=CC(c3ccc4c(n3)C3NC(c5ccc(-c6ccc7ccc(-c8ccc9ccc(-c%10cc%11cccnc%11c%11ncccc%10%11)nc9c8)nc7c6)cc5)C=CC3C=C4)=CC2C=C1. The Morgan fingerprint density at radius 3 is 2.05 bits per heavy atom. The Morgan fingerprint density at radius 1 is 0.469 bits per heavy atom. The Balaban J connectivity index is 0.766. The first kappa shape index (κ1) is 36.7. The number of nitrogens with one attached hydrogen (secondary N) is 1. The minimum Gasteiger partial charge on any atom is -0.298 e. The fraction of sp³-hybridized carbons (Fsp3) is 0.0862. The highest BCUT2D eigenvalue weighted by Crippen LogP contribution is 2.40. The monoisotopic (exact) mass is 820 g/mol. The van der Waals surface area contributed by atoms with Crippen molar-refractivity contribution < 1.29 is 0 Å². The number of rotatable bonds is 5. The van der Waals surface area contributed by atoms with E-state index in [9.17, 15) is 0 Å². The van der Waals surface area contributed by atoms with Crippen molar-refractivity contribution in [2.75, 3.05) is 0 Å². The van der Waals surface area contributed by atoms with Gasteiger partial charge in [-0.05, 0) is 76.4 Å². The van der Waals surface area contributed by atoms with E-state index in [0.29, 0.717) is 11.8 Å². The molecule has 0 amide bonds. The minimum atomic E-state index is 0.0726. The number of pyridine rings is 5. The van der Waals surface area contributed by atoms with Gasteiger partial charge in [-0.3, -0.25) is 20.3 Å². The molecule has 13 rings (SSSR count). The van der Waals surface area contributed by atoms with Gasteiger partial charge in [0.1, 0.15) is 0 Å².